The zero-order valence-electron chi connectivity index (χ0n) is 21.0. The monoisotopic (exact) mass is 470 g/mol. The number of fused-ring (bicyclic) bond motifs is 1. The van der Waals surface area contributed by atoms with Crippen LogP contribution in [0.5, 0.6) is 11.5 Å². The Morgan fingerprint density at radius 3 is 2.44 bits per heavy atom. The van der Waals surface area contributed by atoms with Crippen molar-refractivity contribution in [1.29, 1.82) is 0 Å². The van der Waals surface area contributed by atoms with Gasteiger partial charge in [-0.2, -0.15) is 0 Å². The summed E-state index contributed by atoms with van der Waals surface area (Å²) >= 11 is 0. The minimum Gasteiger partial charge on any atom is -0.464 e. The molecule has 7 heteroatoms. The van der Waals surface area contributed by atoms with E-state index in [0.29, 0.717) is 43.3 Å². The molecule has 0 aliphatic carbocycles. The van der Waals surface area contributed by atoms with Gasteiger partial charge < -0.3 is 23.7 Å². The molecular formula is C27H38N2O5. The minimum atomic E-state index is -0.103. The van der Waals surface area contributed by atoms with Gasteiger partial charge in [-0.25, -0.2) is 0 Å². The van der Waals surface area contributed by atoms with E-state index in [1.165, 1.54) is 0 Å². The van der Waals surface area contributed by atoms with Gasteiger partial charge in [-0.15, -0.1) is 0 Å². The highest BCUT2D eigenvalue weighted by Gasteiger charge is 2.24. The summed E-state index contributed by atoms with van der Waals surface area (Å²) in [5.74, 6) is 3.14. The number of benzene rings is 1. The molecule has 186 valence electrons. The standard InChI is InChI=1S/C27H38N2O5/c1-5-6-7-8-9-26(30)28(15-20(2)3)18-27(31)29(17-23-12-10-21(4)34-23)16-22-11-13-24-25(14-22)33-19-32-24/h10-14,20H,5-9,15-19H2,1-4H3. The van der Waals surface area contributed by atoms with E-state index in [9.17, 15) is 9.59 Å². The van der Waals surface area contributed by atoms with Crippen molar-refractivity contribution in [2.45, 2.75) is 72.9 Å². The number of furan rings is 1. The average molecular weight is 471 g/mol. The third-order valence-corrected chi connectivity index (χ3v) is 5.81. The molecule has 0 atom stereocenters. The van der Waals surface area contributed by atoms with Crippen molar-refractivity contribution < 1.29 is 23.5 Å². The van der Waals surface area contributed by atoms with Crippen LogP contribution in [0, 0.1) is 12.8 Å². The Hall–Kier alpha value is -2.96. The van der Waals surface area contributed by atoms with Gasteiger partial charge in [-0.3, -0.25) is 9.59 Å². The molecule has 0 radical (unpaired) electrons. The van der Waals surface area contributed by atoms with E-state index in [2.05, 4.69) is 20.8 Å². The van der Waals surface area contributed by atoms with E-state index in [0.717, 1.165) is 37.0 Å². The summed E-state index contributed by atoms with van der Waals surface area (Å²) in [6, 6.07) is 9.48. The lowest BCUT2D eigenvalue weighted by Crippen LogP contribution is -2.43. The summed E-state index contributed by atoms with van der Waals surface area (Å²) in [5.41, 5.74) is 0.933. The van der Waals surface area contributed by atoms with Crippen LogP contribution >= 0.6 is 0 Å². The van der Waals surface area contributed by atoms with Crippen LogP contribution in [0.3, 0.4) is 0 Å². The molecule has 0 bridgehead atoms. The molecule has 1 aromatic heterocycles. The molecule has 0 saturated carbocycles. The maximum absolute atomic E-state index is 13.5. The van der Waals surface area contributed by atoms with Gasteiger partial charge in [0.2, 0.25) is 18.6 Å². The van der Waals surface area contributed by atoms with E-state index >= 15 is 0 Å². The normalized spacial score (nSPS) is 12.3. The number of hydrogen-bond acceptors (Lipinski definition) is 5. The third-order valence-electron chi connectivity index (χ3n) is 5.81. The van der Waals surface area contributed by atoms with Crippen LogP contribution < -0.4 is 9.47 Å². The number of rotatable bonds is 13. The molecule has 2 aromatic rings. The van der Waals surface area contributed by atoms with Gasteiger partial charge in [-0.1, -0.05) is 46.1 Å². The number of hydrogen-bond donors (Lipinski definition) is 0. The van der Waals surface area contributed by atoms with Gasteiger partial charge >= 0.3 is 0 Å². The number of carbonyl (C=O) groups excluding carboxylic acids is 2. The lowest BCUT2D eigenvalue weighted by molar-refractivity contribution is -0.141. The number of nitrogens with zero attached hydrogens (tertiary/aromatic N) is 2. The average Bonchev–Trinajstić information content (AvgIpc) is 3.43. The zero-order chi connectivity index (χ0) is 24.5. The Bertz CT molecular complexity index is 952. The Morgan fingerprint density at radius 1 is 0.941 bits per heavy atom. The molecule has 0 spiro atoms. The molecule has 2 amide bonds. The first kappa shape index (κ1) is 25.7. The molecule has 1 aliphatic heterocycles. The smallest absolute Gasteiger partial charge is 0.242 e. The summed E-state index contributed by atoms with van der Waals surface area (Å²) in [4.78, 5) is 29.9. The lowest BCUT2D eigenvalue weighted by atomic mass is 10.1. The molecule has 34 heavy (non-hydrogen) atoms. The second kappa shape index (κ2) is 12.5. The van der Waals surface area contributed by atoms with Crippen LogP contribution in [0.25, 0.3) is 0 Å². The Balaban J connectivity index is 1.73. The van der Waals surface area contributed by atoms with Crippen molar-refractivity contribution in [3.63, 3.8) is 0 Å². The molecule has 3 rings (SSSR count). The van der Waals surface area contributed by atoms with Crippen LogP contribution in [-0.4, -0.2) is 41.5 Å². The van der Waals surface area contributed by atoms with Gasteiger partial charge in [0.05, 0.1) is 13.1 Å². The summed E-state index contributed by atoms with van der Waals surface area (Å²) in [5, 5.41) is 0. The van der Waals surface area contributed by atoms with E-state index < -0.39 is 0 Å². The Labute approximate surface area is 203 Å². The molecule has 0 unspecified atom stereocenters. The van der Waals surface area contributed by atoms with Gasteiger partial charge in [-0.05, 0) is 49.1 Å². The highest BCUT2D eigenvalue weighted by molar-refractivity contribution is 5.84. The Kier molecular flexibility index (Phi) is 9.42. The molecule has 0 N–H and O–H groups in total. The lowest BCUT2D eigenvalue weighted by Gasteiger charge is -2.28. The summed E-state index contributed by atoms with van der Waals surface area (Å²) in [6.07, 6.45) is 4.65. The van der Waals surface area contributed by atoms with Gasteiger partial charge in [0.1, 0.15) is 11.5 Å². The van der Waals surface area contributed by atoms with Crippen LogP contribution in [0.2, 0.25) is 0 Å². The first-order valence-electron chi connectivity index (χ1n) is 12.3. The SMILES string of the molecule is CCCCCCC(=O)N(CC(=O)N(Cc1ccc2c(c1)OCO2)Cc1ccc(C)o1)CC(C)C. The van der Waals surface area contributed by atoms with Crippen LogP contribution in [0.15, 0.2) is 34.7 Å². The molecule has 7 nitrogen and oxygen atoms in total. The fourth-order valence-corrected chi connectivity index (χ4v) is 4.07. The highest BCUT2D eigenvalue weighted by atomic mass is 16.7. The van der Waals surface area contributed by atoms with E-state index in [4.69, 9.17) is 13.9 Å². The number of amides is 2. The van der Waals surface area contributed by atoms with Crippen molar-refractivity contribution in [3.8, 4) is 11.5 Å². The first-order chi connectivity index (χ1) is 16.4. The number of unbranched alkanes of at least 4 members (excludes halogenated alkanes) is 3. The second-order valence-corrected chi connectivity index (χ2v) is 9.43. The van der Waals surface area contributed by atoms with Gasteiger partial charge in [0.25, 0.3) is 0 Å². The quantitative estimate of drug-likeness (QED) is 0.372. The third kappa shape index (κ3) is 7.54. The topological polar surface area (TPSA) is 72.2 Å². The first-order valence-corrected chi connectivity index (χ1v) is 12.3. The summed E-state index contributed by atoms with van der Waals surface area (Å²) < 4.78 is 16.7. The number of ether oxygens (including phenoxy) is 2. The van der Waals surface area contributed by atoms with Gasteiger partial charge in [0.15, 0.2) is 11.5 Å². The largest absolute Gasteiger partial charge is 0.464 e. The van der Waals surface area contributed by atoms with Crippen molar-refractivity contribution >= 4 is 11.8 Å². The molecular weight excluding hydrogens is 432 g/mol. The number of carbonyl (C=O) groups is 2. The molecule has 2 heterocycles. The maximum atomic E-state index is 13.5. The summed E-state index contributed by atoms with van der Waals surface area (Å²) in [7, 11) is 0. The van der Waals surface area contributed by atoms with E-state index in [1.807, 2.05) is 37.3 Å². The molecule has 0 saturated heterocycles. The highest BCUT2D eigenvalue weighted by Crippen LogP contribution is 2.33. The predicted molar refractivity (Wildman–Crippen MR) is 130 cm³/mol. The molecule has 1 aromatic carbocycles. The second-order valence-electron chi connectivity index (χ2n) is 9.43. The van der Waals surface area contributed by atoms with Gasteiger partial charge in [0, 0.05) is 19.5 Å². The number of aryl methyl sites for hydroxylation is 1. The maximum Gasteiger partial charge on any atom is 0.242 e. The summed E-state index contributed by atoms with van der Waals surface area (Å²) in [6.45, 7) is 9.73. The van der Waals surface area contributed by atoms with E-state index in [-0.39, 0.29) is 31.1 Å². The fourth-order valence-electron chi connectivity index (χ4n) is 4.07. The van der Waals surface area contributed by atoms with Crippen molar-refractivity contribution in [2.75, 3.05) is 19.9 Å². The van der Waals surface area contributed by atoms with Crippen LogP contribution in [-0.2, 0) is 22.7 Å². The molecule has 1 aliphatic rings. The fraction of sp³-hybridized carbons (Fsp3) is 0.556. The Morgan fingerprint density at radius 2 is 1.74 bits per heavy atom. The minimum absolute atomic E-state index is 0.0509. The van der Waals surface area contributed by atoms with Crippen molar-refractivity contribution in [1.82, 2.24) is 9.80 Å². The van der Waals surface area contributed by atoms with Crippen LogP contribution in [0.1, 0.15) is 70.0 Å². The van der Waals surface area contributed by atoms with Crippen molar-refractivity contribution in [2.24, 2.45) is 5.92 Å². The molecule has 0 fully saturated rings. The van der Waals surface area contributed by atoms with Crippen LogP contribution in [0.4, 0.5) is 0 Å². The zero-order valence-corrected chi connectivity index (χ0v) is 21.0. The van der Waals surface area contributed by atoms with E-state index in [1.54, 1.807) is 9.80 Å². The van der Waals surface area contributed by atoms with Crippen molar-refractivity contribution in [3.05, 3.63) is 47.4 Å². The predicted octanol–water partition coefficient (Wildman–Crippen LogP) is 5.30.